The number of benzene rings is 1. The largest absolute Gasteiger partial charge is 0.372 e. The molecule has 0 radical (unpaired) electrons. The van der Waals surface area contributed by atoms with Crippen molar-refractivity contribution < 1.29 is 0 Å². The predicted octanol–water partition coefficient (Wildman–Crippen LogP) is 4.41. The molecule has 3 aromatic rings. The van der Waals surface area contributed by atoms with Crippen LogP contribution < -0.4 is 5.32 Å². The molecule has 0 saturated heterocycles. The van der Waals surface area contributed by atoms with Crippen molar-refractivity contribution in [2.75, 3.05) is 12.4 Å². The van der Waals surface area contributed by atoms with E-state index in [9.17, 15) is 0 Å². The molecule has 0 aliphatic heterocycles. The minimum absolute atomic E-state index is 0.620. The summed E-state index contributed by atoms with van der Waals surface area (Å²) in [5, 5.41) is 4.19. The summed E-state index contributed by atoms with van der Waals surface area (Å²) in [7, 11) is 1.86. The Bertz CT molecular complexity index is 835. The molecule has 0 amide bonds. The van der Waals surface area contributed by atoms with E-state index in [0.29, 0.717) is 5.82 Å². The number of halogens is 2. The van der Waals surface area contributed by atoms with Crippen LogP contribution in [0.4, 0.5) is 5.82 Å². The summed E-state index contributed by atoms with van der Waals surface area (Å²) in [5.74, 6) is 1.44. The fraction of sp³-hybridized carbons (Fsp3) is 0.133. The molecule has 0 unspecified atom stereocenters. The van der Waals surface area contributed by atoms with E-state index in [4.69, 9.17) is 0 Å². The third-order valence-electron chi connectivity index (χ3n) is 3.14. The lowest BCUT2D eigenvalue weighted by Crippen LogP contribution is -2.04. The minimum atomic E-state index is 0.620. The number of pyridine rings is 1. The van der Waals surface area contributed by atoms with Gasteiger partial charge in [-0.05, 0) is 57.6 Å². The van der Waals surface area contributed by atoms with Crippen molar-refractivity contribution >= 4 is 55.2 Å². The zero-order valence-electron chi connectivity index (χ0n) is 11.5. The second-order valence-corrected chi connectivity index (χ2v) is 6.49. The molecule has 2 aromatic heterocycles. The maximum Gasteiger partial charge on any atom is 0.181 e. The first-order valence-corrected chi connectivity index (χ1v) is 8.25. The molecule has 4 nitrogen and oxygen atoms in total. The van der Waals surface area contributed by atoms with Crippen LogP contribution in [0.25, 0.3) is 22.4 Å². The van der Waals surface area contributed by atoms with E-state index in [0.717, 1.165) is 36.2 Å². The van der Waals surface area contributed by atoms with Crippen molar-refractivity contribution in [2.45, 2.75) is 6.92 Å². The van der Waals surface area contributed by atoms with Crippen molar-refractivity contribution in [3.05, 3.63) is 44.1 Å². The Morgan fingerprint density at radius 2 is 1.90 bits per heavy atom. The number of nitrogens with zero attached hydrogens (tertiary/aromatic N) is 3. The maximum atomic E-state index is 4.69. The number of aryl methyl sites for hydroxylation is 1. The highest BCUT2D eigenvalue weighted by Gasteiger charge is 2.14. The van der Waals surface area contributed by atoms with Crippen molar-refractivity contribution in [3.63, 3.8) is 0 Å². The van der Waals surface area contributed by atoms with E-state index in [1.54, 1.807) is 0 Å². The van der Waals surface area contributed by atoms with Crippen molar-refractivity contribution in [3.8, 4) is 11.5 Å². The van der Waals surface area contributed by atoms with Gasteiger partial charge in [-0.3, -0.25) is 0 Å². The molecule has 1 N–H and O–H groups in total. The lowest BCUT2D eigenvalue weighted by Gasteiger charge is -2.10. The molecule has 0 spiro atoms. The van der Waals surface area contributed by atoms with Crippen LogP contribution in [0.3, 0.4) is 0 Å². The van der Waals surface area contributed by atoms with E-state index < -0.39 is 0 Å². The van der Waals surface area contributed by atoms with Gasteiger partial charge in [0.25, 0.3) is 0 Å². The molecule has 106 valence electrons. The van der Waals surface area contributed by atoms with Gasteiger partial charge in [-0.15, -0.1) is 0 Å². The molecule has 6 heteroatoms. The smallest absolute Gasteiger partial charge is 0.181 e. The number of anilines is 1. The second kappa shape index (κ2) is 5.84. The first-order chi connectivity index (χ1) is 10.1. The van der Waals surface area contributed by atoms with E-state index in [-0.39, 0.29) is 0 Å². The van der Waals surface area contributed by atoms with Crippen molar-refractivity contribution in [2.24, 2.45) is 0 Å². The fourth-order valence-corrected chi connectivity index (χ4v) is 3.10. The second-order valence-electron chi connectivity index (χ2n) is 4.56. The van der Waals surface area contributed by atoms with E-state index >= 15 is 0 Å². The number of rotatable bonds is 2. The van der Waals surface area contributed by atoms with Gasteiger partial charge in [-0.2, -0.15) is 0 Å². The standard InChI is InChI=1S/C15H12BrIN4/c1-8-12(17)14(18-2)21-15(19-8)13-10(16)7-9-5-3-4-6-11(9)20-13/h3-7H,1-2H3,(H,18,19,21). The van der Waals surface area contributed by atoms with Gasteiger partial charge in [0.1, 0.15) is 11.5 Å². The first kappa shape index (κ1) is 14.6. The van der Waals surface area contributed by atoms with Crippen LogP contribution in [0.15, 0.2) is 34.8 Å². The van der Waals surface area contributed by atoms with Crippen LogP contribution >= 0.6 is 38.5 Å². The average molecular weight is 455 g/mol. The molecule has 21 heavy (non-hydrogen) atoms. The molecule has 0 atom stereocenters. The summed E-state index contributed by atoms with van der Waals surface area (Å²) in [6.07, 6.45) is 0. The minimum Gasteiger partial charge on any atom is -0.372 e. The van der Waals surface area contributed by atoms with Crippen LogP contribution in [0.5, 0.6) is 0 Å². The molecule has 2 heterocycles. The number of nitrogens with one attached hydrogen (secondary N) is 1. The Hall–Kier alpha value is -1.28. The van der Waals surface area contributed by atoms with E-state index in [1.165, 1.54) is 0 Å². The third kappa shape index (κ3) is 2.74. The molecular formula is C15H12BrIN4. The van der Waals surface area contributed by atoms with Crippen LogP contribution in [-0.4, -0.2) is 22.0 Å². The van der Waals surface area contributed by atoms with Crippen LogP contribution in [0.2, 0.25) is 0 Å². The van der Waals surface area contributed by atoms with Gasteiger partial charge in [0.2, 0.25) is 0 Å². The summed E-state index contributed by atoms with van der Waals surface area (Å²) < 4.78 is 1.92. The lowest BCUT2D eigenvalue weighted by molar-refractivity contribution is 1.07. The molecular weight excluding hydrogens is 443 g/mol. The van der Waals surface area contributed by atoms with E-state index in [2.05, 4.69) is 58.8 Å². The Balaban J connectivity index is 2.25. The van der Waals surface area contributed by atoms with Crippen LogP contribution in [0, 0.1) is 10.5 Å². The summed E-state index contributed by atoms with van der Waals surface area (Å²) in [4.78, 5) is 13.8. The number of aromatic nitrogens is 3. The zero-order chi connectivity index (χ0) is 15.0. The van der Waals surface area contributed by atoms with Gasteiger partial charge >= 0.3 is 0 Å². The van der Waals surface area contributed by atoms with Crippen LogP contribution in [0.1, 0.15) is 5.69 Å². The normalized spacial score (nSPS) is 10.9. The summed E-state index contributed by atoms with van der Waals surface area (Å²) in [5.41, 5.74) is 2.62. The van der Waals surface area contributed by atoms with E-state index in [1.807, 2.05) is 44.3 Å². The van der Waals surface area contributed by atoms with Crippen molar-refractivity contribution in [1.82, 2.24) is 15.0 Å². The van der Waals surface area contributed by atoms with Crippen LogP contribution in [-0.2, 0) is 0 Å². The SMILES string of the molecule is CNc1nc(-c2nc3ccccc3cc2Br)nc(C)c1I. The quantitative estimate of drug-likeness (QED) is 0.582. The Morgan fingerprint density at radius 3 is 2.67 bits per heavy atom. The Morgan fingerprint density at radius 1 is 1.14 bits per heavy atom. The molecule has 0 saturated carbocycles. The summed E-state index contributed by atoms with van der Waals surface area (Å²) >= 11 is 5.82. The molecule has 1 aromatic carbocycles. The summed E-state index contributed by atoms with van der Waals surface area (Å²) in [6.45, 7) is 1.97. The number of fused-ring (bicyclic) bond motifs is 1. The topological polar surface area (TPSA) is 50.7 Å². The fourth-order valence-electron chi connectivity index (χ4n) is 2.08. The van der Waals surface area contributed by atoms with Gasteiger partial charge in [-0.25, -0.2) is 15.0 Å². The highest BCUT2D eigenvalue weighted by molar-refractivity contribution is 14.1. The molecule has 0 aliphatic rings. The Labute approximate surface area is 144 Å². The third-order valence-corrected chi connectivity index (χ3v) is 5.04. The molecule has 0 bridgehead atoms. The van der Waals surface area contributed by atoms with Gasteiger partial charge in [0, 0.05) is 16.9 Å². The van der Waals surface area contributed by atoms with Gasteiger partial charge < -0.3 is 5.32 Å². The lowest BCUT2D eigenvalue weighted by atomic mass is 10.2. The summed E-state index contributed by atoms with van der Waals surface area (Å²) in [6, 6.07) is 10.1. The van der Waals surface area contributed by atoms with Gasteiger partial charge in [0.05, 0.1) is 14.8 Å². The highest BCUT2D eigenvalue weighted by atomic mass is 127. The van der Waals surface area contributed by atoms with Gasteiger partial charge in [-0.1, -0.05) is 18.2 Å². The number of hydrogen-bond donors (Lipinski definition) is 1. The Kier molecular flexibility index (Phi) is 4.08. The number of para-hydroxylation sites is 1. The van der Waals surface area contributed by atoms with Crippen molar-refractivity contribution in [1.29, 1.82) is 0 Å². The first-order valence-electron chi connectivity index (χ1n) is 6.37. The zero-order valence-corrected chi connectivity index (χ0v) is 15.2. The molecule has 3 rings (SSSR count). The molecule has 0 fully saturated rings. The monoisotopic (exact) mass is 454 g/mol. The maximum absolute atomic E-state index is 4.69. The average Bonchev–Trinajstić information content (AvgIpc) is 2.49. The number of hydrogen-bond acceptors (Lipinski definition) is 4. The predicted molar refractivity (Wildman–Crippen MR) is 97.5 cm³/mol. The highest BCUT2D eigenvalue weighted by Crippen LogP contribution is 2.29. The molecule has 0 aliphatic carbocycles. The van der Waals surface area contributed by atoms with Gasteiger partial charge in [0.15, 0.2) is 5.82 Å².